The zero-order valence-corrected chi connectivity index (χ0v) is 29.9. The number of aromatic hydroxyl groups is 1. The molecule has 3 fully saturated rings. The average molecular weight is 681 g/mol. The van der Waals surface area contributed by atoms with Gasteiger partial charge in [0.05, 0.1) is 6.54 Å². The molecule has 268 valence electrons. The third kappa shape index (κ3) is 6.78. The van der Waals surface area contributed by atoms with Crippen LogP contribution in [0.3, 0.4) is 0 Å². The molecule has 49 heavy (non-hydrogen) atoms. The van der Waals surface area contributed by atoms with Gasteiger partial charge in [-0.2, -0.15) is 0 Å². The lowest BCUT2D eigenvalue weighted by molar-refractivity contribution is -0.104. The van der Waals surface area contributed by atoms with Crippen molar-refractivity contribution >= 4 is 11.8 Å². The number of hydrogen-bond acceptors (Lipinski definition) is 5. The molecule has 2 amide bonds. The number of hydrogen-bond donors (Lipinski definition) is 2. The maximum absolute atomic E-state index is 14.8. The molecule has 10 heteroatoms. The van der Waals surface area contributed by atoms with Gasteiger partial charge in [-0.3, -0.25) is 19.3 Å². The SMILES string of the molecule is CC1CCC(C(C)C)C([C@@H]2CCN(C3CC(C)CCC3C(C)C)[C@@H]3Cn4cc(C(=O)NCc5ccc(F)cc5F)c(=O)c(O)c4C(=O)N23)C1. The molecule has 0 bridgehead atoms. The lowest BCUT2D eigenvalue weighted by Crippen LogP contribution is -2.69. The Kier molecular flexibility index (Phi) is 10.3. The quantitative estimate of drug-likeness (QED) is 0.336. The number of amides is 2. The number of fused-ring (bicyclic) bond motifs is 2. The topological polar surface area (TPSA) is 94.9 Å². The van der Waals surface area contributed by atoms with Crippen LogP contribution < -0.4 is 10.7 Å². The molecule has 2 saturated carbocycles. The molecule has 2 N–H and O–H groups in total. The first-order valence-electron chi connectivity index (χ1n) is 18.5. The van der Waals surface area contributed by atoms with Crippen LogP contribution >= 0.6 is 0 Å². The summed E-state index contributed by atoms with van der Waals surface area (Å²) in [4.78, 5) is 46.2. The minimum atomic E-state index is -0.937. The summed E-state index contributed by atoms with van der Waals surface area (Å²) in [5.41, 5.74) is -1.27. The lowest BCUT2D eigenvalue weighted by atomic mass is 9.65. The predicted octanol–water partition coefficient (Wildman–Crippen LogP) is 6.79. The summed E-state index contributed by atoms with van der Waals surface area (Å²) in [5.74, 6) is -0.0479. The van der Waals surface area contributed by atoms with Crippen LogP contribution in [-0.4, -0.2) is 56.1 Å². The van der Waals surface area contributed by atoms with Crippen molar-refractivity contribution in [1.82, 2.24) is 19.7 Å². The smallest absolute Gasteiger partial charge is 0.276 e. The first kappa shape index (κ1) is 35.6. The summed E-state index contributed by atoms with van der Waals surface area (Å²) < 4.78 is 29.3. The van der Waals surface area contributed by atoms with E-state index in [9.17, 15) is 28.3 Å². The fraction of sp³-hybridized carbons (Fsp3) is 0.667. The highest BCUT2D eigenvalue weighted by Crippen LogP contribution is 2.47. The van der Waals surface area contributed by atoms with Crippen LogP contribution in [0.15, 0.2) is 29.2 Å². The highest BCUT2D eigenvalue weighted by Gasteiger charge is 2.52. The largest absolute Gasteiger partial charge is 0.503 e. The van der Waals surface area contributed by atoms with Crippen molar-refractivity contribution in [3.63, 3.8) is 0 Å². The number of aromatic nitrogens is 1. The van der Waals surface area contributed by atoms with Crippen LogP contribution in [0.1, 0.15) is 113 Å². The first-order valence-corrected chi connectivity index (χ1v) is 18.5. The fourth-order valence-electron chi connectivity index (χ4n) is 9.90. The molecule has 2 aromatic rings. The molecule has 3 heterocycles. The fourth-order valence-corrected chi connectivity index (χ4v) is 9.90. The molecular formula is C39H54F2N4O4. The monoisotopic (exact) mass is 680 g/mol. The molecule has 4 aliphatic rings. The van der Waals surface area contributed by atoms with Crippen molar-refractivity contribution in [2.24, 2.45) is 41.4 Å². The van der Waals surface area contributed by atoms with Crippen LogP contribution in [0.25, 0.3) is 0 Å². The van der Waals surface area contributed by atoms with Crippen LogP contribution in [0, 0.1) is 53.1 Å². The molecule has 6 rings (SSSR count). The van der Waals surface area contributed by atoms with E-state index in [1.54, 1.807) is 4.57 Å². The number of nitrogens with zero attached hydrogens (tertiary/aromatic N) is 3. The summed E-state index contributed by atoms with van der Waals surface area (Å²) in [6, 6.07) is 3.34. The summed E-state index contributed by atoms with van der Waals surface area (Å²) in [7, 11) is 0. The number of pyridine rings is 1. The molecule has 1 saturated heterocycles. The van der Waals surface area contributed by atoms with Gasteiger partial charge in [0.2, 0.25) is 5.43 Å². The van der Waals surface area contributed by atoms with Gasteiger partial charge in [0, 0.05) is 43.0 Å². The molecule has 0 spiro atoms. The Morgan fingerprint density at radius 2 is 1.61 bits per heavy atom. The van der Waals surface area contributed by atoms with Crippen LogP contribution in [-0.2, 0) is 13.1 Å². The summed E-state index contributed by atoms with van der Waals surface area (Å²) in [5, 5.41) is 13.9. The van der Waals surface area contributed by atoms with E-state index in [-0.39, 0.29) is 41.5 Å². The molecule has 8 atom stereocenters. The molecule has 0 radical (unpaired) electrons. The van der Waals surface area contributed by atoms with Crippen LogP contribution in [0.2, 0.25) is 0 Å². The first-order chi connectivity index (χ1) is 23.3. The highest BCUT2D eigenvalue weighted by molar-refractivity contribution is 5.99. The normalized spacial score (nSPS) is 30.7. The Labute approximate surface area is 289 Å². The summed E-state index contributed by atoms with van der Waals surface area (Å²) in [6.45, 7) is 14.7. The summed E-state index contributed by atoms with van der Waals surface area (Å²) in [6.07, 6.45) is 8.70. The molecule has 6 unspecified atom stereocenters. The van der Waals surface area contributed by atoms with E-state index in [0.29, 0.717) is 54.0 Å². The van der Waals surface area contributed by atoms with Crippen molar-refractivity contribution in [2.45, 2.75) is 118 Å². The van der Waals surface area contributed by atoms with E-state index >= 15 is 0 Å². The van der Waals surface area contributed by atoms with Crippen molar-refractivity contribution in [2.75, 3.05) is 6.54 Å². The van der Waals surface area contributed by atoms with Gasteiger partial charge in [0.1, 0.15) is 23.4 Å². The van der Waals surface area contributed by atoms with Gasteiger partial charge in [0.25, 0.3) is 11.8 Å². The molecule has 2 aliphatic heterocycles. The molecular weight excluding hydrogens is 626 g/mol. The van der Waals surface area contributed by atoms with Crippen molar-refractivity contribution < 1.29 is 23.5 Å². The molecule has 2 aliphatic carbocycles. The Bertz CT molecular complexity index is 1620. The van der Waals surface area contributed by atoms with Gasteiger partial charge in [-0.05, 0) is 79.6 Å². The minimum absolute atomic E-state index is 0.0146. The van der Waals surface area contributed by atoms with E-state index in [4.69, 9.17) is 0 Å². The van der Waals surface area contributed by atoms with E-state index < -0.39 is 28.7 Å². The third-order valence-corrected chi connectivity index (χ3v) is 12.5. The van der Waals surface area contributed by atoms with Gasteiger partial charge in [0.15, 0.2) is 11.4 Å². The molecule has 8 nitrogen and oxygen atoms in total. The Morgan fingerprint density at radius 3 is 2.29 bits per heavy atom. The second-order valence-corrected chi connectivity index (χ2v) is 16.3. The van der Waals surface area contributed by atoms with Gasteiger partial charge in [-0.15, -0.1) is 0 Å². The minimum Gasteiger partial charge on any atom is -0.503 e. The number of halogens is 2. The zero-order chi connectivity index (χ0) is 35.3. The maximum Gasteiger partial charge on any atom is 0.276 e. The van der Waals surface area contributed by atoms with Gasteiger partial charge >= 0.3 is 0 Å². The predicted molar refractivity (Wildman–Crippen MR) is 185 cm³/mol. The second kappa shape index (κ2) is 14.2. The van der Waals surface area contributed by atoms with E-state index in [1.165, 1.54) is 25.1 Å². The number of rotatable bonds is 7. The van der Waals surface area contributed by atoms with Gasteiger partial charge in [-0.25, -0.2) is 8.78 Å². The highest BCUT2D eigenvalue weighted by atomic mass is 19.1. The van der Waals surface area contributed by atoms with Crippen LogP contribution in [0.5, 0.6) is 5.75 Å². The van der Waals surface area contributed by atoms with E-state index in [0.717, 1.165) is 50.8 Å². The number of carbonyl (C=O) groups excluding carboxylic acids is 2. The van der Waals surface area contributed by atoms with Crippen LogP contribution in [0.4, 0.5) is 8.78 Å². The lowest BCUT2D eigenvalue weighted by Gasteiger charge is -2.58. The van der Waals surface area contributed by atoms with E-state index in [2.05, 4.69) is 51.8 Å². The second-order valence-electron chi connectivity index (χ2n) is 16.3. The zero-order valence-electron chi connectivity index (χ0n) is 29.9. The Balaban J connectivity index is 1.39. The van der Waals surface area contributed by atoms with Crippen molar-refractivity contribution in [1.29, 1.82) is 0 Å². The standard InChI is InChI=1S/C39H54F2N4O4/c1-21(2)27-11-7-23(5)15-29(27)32-13-14-44(33-16-24(6)8-12-28(33)22(3)4)34-20-43-19-30(36(46)37(47)35(43)39(49)45(32)34)38(48)42-18-25-9-10-26(40)17-31(25)41/h9-10,17,19,21-24,27-29,32-34,47H,7-8,11-16,18,20H2,1-6H3,(H,42,48)/t23?,24?,27?,28?,29?,32-,33?,34-/m0/s1. The van der Waals surface area contributed by atoms with E-state index in [1.807, 2.05) is 4.90 Å². The van der Waals surface area contributed by atoms with Gasteiger partial charge in [-0.1, -0.05) is 60.5 Å². The van der Waals surface area contributed by atoms with Crippen molar-refractivity contribution in [3.05, 3.63) is 63.1 Å². The third-order valence-electron chi connectivity index (χ3n) is 12.5. The Hall–Kier alpha value is -3.27. The average Bonchev–Trinajstić information content (AvgIpc) is 3.05. The maximum atomic E-state index is 14.8. The number of benzene rings is 1. The van der Waals surface area contributed by atoms with Crippen molar-refractivity contribution in [3.8, 4) is 5.75 Å². The molecule has 1 aromatic heterocycles. The molecule has 1 aromatic carbocycles. The van der Waals surface area contributed by atoms with Gasteiger partial charge < -0.3 is 19.9 Å². The number of nitrogens with one attached hydrogen (secondary N) is 1. The number of carbonyl (C=O) groups is 2. The Morgan fingerprint density at radius 1 is 0.939 bits per heavy atom. The summed E-state index contributed by atoms with van der Waals surface area (Å²) >= 11 is 0.